The fourth-order valence-electron chi connectivity index (χ4n) is 0.428. The zero-order valence-electron chi connectivity index (χ0n) is 8.79. The first-order valence-corrected chi connectivity index (χ1v) is 4.63. The molecule has 0 saturated heterocycles. The number of rotatable bonds is 6. The Morgan fingerprint density at radius 1 is 0.909 bits per heavy atom. The van der Waals surface area contributed by atoms with Gasteiger partial charge in [0.1, 0.15) is 0 Å². The van der Waals surface area contributed by atoms with Crippen molar-refractivity contribution in [2.24, 2.45) is 0 Å². The molecular formula is C6H16NaO3P. The van der Waals surface area contributed by atoms with Gasteiger partial charge in [-0.05, 0) is 20.8 Å². The molecule has 0 bridgehead atoms. The van der Waals surface area contributed by atoms with Crippen molar-refractivity contribution in [1.82, 2.24) is 0 Å². The van der Waals surface area contributed by atoms with E-state index < -0.39 is 8.60 Å². The summed E-state index contributed by atoms with van der Waals surface area (Å²) in [6, 6.07) is 0. The van der Waals surface area contributed by atoms with Gasteiger partial charge < -0.3 is 15.0 Å². The molecule has 0 saturated carbocycles. The monoisotopic (exact) mass is 190 g/mol. The molecule has 3 nitrogen and oxygen atoms in total. The molecule has 11 heavy (non-hydrogen) atoms. The first kappa shape index (κ1) is 14.8. The van der Waals surface area contributed by atoms with Crippen molar-refractivity contribution in [1.29, 1.82) is 0 Å². The Hall–Kier alpha value is 1.31. The fraction of sp³-hybridized carbons (Fsp3) is 1.00. The van der Waals surface area contributed by atoms with Crippen LogP contribution in [0.5, 0.6) is 0 Å². The van der Waals surface area contributed by atoms with Crippen molar-refractivity contribution >= 4 is 8.60 Å². The molecule has 0 aliphatic heterocycles. The number of hydrogen-bond donors (Lipinski definition) is 0. The SMILES string of the molecule is CCOP(OCC)OCC.[H-].[Na+]. The van der Waals surface area contributed by atoms with Crippen molar-refractivity contribution in [3.05, 3.63) is 0 Å². The predicted octanol–water partition coefficient (Wildman–Crippen LogP) is -0.561. The van der Waals surface area contributed by atoms with E-state index in [4.69, 9.17) is 13.6 Å². The Morgan fingerprint density at radius 2 is 1.18 bits per heavy atom. The third-order valence-corrected chi connectivity index (χ3v) is 2.11. The van der Waals surface area contributed by atoms with Crippen LogP contribution in [0.3, 0.4) is 0 Å². The molecule has 64 valence electrons. The van der Waals surface area contributed by atoms with Crippen LogP contribution in [-0.4, -0.2) is 19.8 Å². The second kappa shape index (κ2) is 11.3. The van der Waals surface area contributed by atoms with Crippen LogP contribution in [0.25, 0.3) is 0 Å². The standard InChI is InChI=1S/C6H15O3P.Na.H/c1-4-7-10(8-5-2)9-6-3;;/h4-6H2,1-3H3;;/q;+1;-1. The zero-order valence-corrected chi connectivity index (χ0v) is 10.7. The summed E-state index contributed by atoms with van der Waals surface area (Å²) in [5.41, 5.74) is 0. The average molecular weight is 190 g/mol. The van der Waals surface area contributed by atoms with Crippen molar-refractivity contribution in [2.75, 3.05) is 19.8 Å². The van der Waals surface area contributed by atoms with Gasteiger partial charge in [-0.3, -0.25) is 0 Å². The predicted molar refractivity (Wildman–Crippen MR) is 42.9 cm³/mol. The van der Waals surface area contributed by atoms with E-state index in [2.05, 4.69) is 0 Å². The normalized spacial score (nSPS) is 9.82. The Balaban J connectivity index is -0.000000405. The quantitative estimate of drug-likeness (QED) is 0.415. The summed E-state index contributed by atoms with van der Waals surface area (Å²) in [7, 11) is -1.06. The van der Waals surface area contributed by atoms with E-state index in [0.29, 0.717) is 19.8 Å². The van der Waals surface area contributed by atoms with Crippen molar-refractivity contribution < 1.29 is 44.6 Å². The van der Waals surface area contributed by atoms with Gasteiger partial charge in [0.05, 0.1) is 19.8 Å². The van der Waals surface area contributed by atoms with Crippen molar-refractivity contribution in [2.45, 2.75) is 20.8 Å². The zero-order chi connectivity index (χ0) is 7.82. The fourth-order valence-corrected chi connectivity index (χ4v) is 1.28. The molecule has 0 atom stereocenters. The van der Waals surface area contributed by atoms with Crippen LogP contribution in [0.1, 0.15) is 22.2 Å². The molecule has 0 N–H and O–H groups in total. The van der Waals surface area contributed by atoms with E-state index in [1.807, 2.05) is 20.8 Å². The molecule has 0 fully saturated rings. The van der Waals surface area contributed by atoms with Crippen molar-refractivity contribution in [3.8, 4) is 0 Å². The Morgan fingerprint density at radius 3 is 1.36 bits per heavy atom. The van der Waals surface area contributed by atoms with Gasteiger partial charge >= 0.3 is 38.2 Å². The van der Waals surface area contributed by atoms with Gasteiger partial charge in [0.25, 0.3) is 0 Å². The third kappa shape index (κ3) is 9.22. The molecule has 0 heterocycles. The second-order valence-corrected chi connectivity index (χ2v) is 2.70. The molecule has 5 heteroatoms. The minimum Gasteiger partial charge on any atom is -1.00 e. The summed E-state index contributed by atoms with van der Waals surface area (Å²) in [5, 5.41) is 0. The minimum atomic E-state index is -1.06. The summed E-state index contributed by atoms with van der Waals surface area (Å²) in [6.45, 7) is 7.71. The van der Waals surface area contributed by atoms with Gasteiger partial charge in [0, 0.05) is 0 Å². The van der Waals surface area contributed by atoms with Gasteiger partial charge in [-0.15, -0.1) is 0 Å². The largest absolute Gasteiger partial charge is 1.00 e. The van der Waals surface area contributed by atoms with Crippen LogP contribution in [0.2, 0.25) is 0 Å². The van der Waals surface area contributed by atoms with Gasteiger partial charge in [-0.2, -0.15) is 0 Å². The molecule has 0 aliphatic carbocycles. The Kier molecular flexibility index (Phi) is 15.2. The summed E-state index contributed by atoms with van der Waals surface area (Å²) < 4.78 is 15.4. The van der Waals surface area contributed by atoms with E-state index in [0.717, 1.165) is 0 Å². The molecular weight excluding hydrogens is 174 g/mol. The maximum Gasteiger partial charge on any atom is 1.00 e. The molecule has 0 spiro atoms. The summed E-state index contributed by atoms with van der Waals surface area (Å²) in [6.07, 6.45) is 0. The molecule has 0 rings (SSSR count). The van der Waals surface area contributed by atoms with E-state index in [-0.39, 0.29) is 31.0 Å². The van der Waals surface area contributed by atoms with E-state index in [1.165, 1.54) is 0 Å². The van der Waals surface area contributed by atoms with E-state index >= 15 is 0 Å². The minimum absolute atomic E-state index is 0. The molecule has 0 unspecified atom stereocenters. The van der Waals surface area contributed by atoms with Gasteiger partial charge in [-0.1, -0.05) is 0 Å². The van der Waals surface area contributed by atoms with Crippen LogP contribution >= 0.6 is 8.60 Å². The van der Waals surface area contributed by atoms with E-state index in [1.54, 1.807) is 0 Å². The van der Waals surface area contributed by atoms with Crippen molar-refractivity contribution in [3.63, 3.8) is 0 Å². The molecule has 0 aromatic carbocycles. The van der Waals surface area contributed by atoms with Crippen LogP contribution in [0.15, 0.2) is 0 Å². The van der Waals surface area contributed by atoms with Crippen LogP contribution in [-0.2, 0) is 13.6 Å². The maximum atomic E-state index is 5.14. The number of hydrogen-bond acceptors (Lipinski definition) is 3. The molecule has 0 radical (unpaired) electrons. The van der Waals surface area contributed by atoms with Crippen LogP contribution < -0.4 is 29.6 Å². The van der Waals surface area contributed by atoms with Crippen LogP contribution in [0, 0.1) is 0 Å². The summed E-state index contributed by atoms with van der Waals surface area (Å²) >= 11 is 0. The van der Waals surface area contributed by atoms with Gasteiger partial charge in [-0.25, -0.2) is 0 Å². The Labute approximate surface area is 93.6 Å². The maximum absolute atomic E-state index is 5.14. The van der Waals surface area contributed by atoms with Gasteiger partial charge in [0.15, 0.2) is 0 Å². The third-order valence-electron chi connectivity index (χ3n) is 0.704. The van der Waals surface area contributed by atoms with Crippen LogP contribution in [0.4, 0.5) is 0 Å². The summed E-state index contributed by atoms with van der Waals surface area (Å²) in [4.78, 5) is 0. The second-order valence-electron chi connectivity index (χ2n) is 1.48. The van der Waals surface area contributed by atoms with E-state index in [9.17, 15) is 0 Å². The Bertz CT molecular complexity index is 65.5. The first-order valence-electron chi connectivity index (χ1n) is 3.54. The molecule has 0 aliphatic rings. The average Bonchev–Trinajstić information content (AvgIpc) is 1.90. The summed E-state index contributed by atoms with van der Waals surface area (Å²) in [5.74, 6) is 0. The molecule has 0 amide bonds. The molecule has 0 aromatic rings. The topological polar surface area (TPSA) is 27.7 Å². The van der Waals surface area contributed by atoms with Gasteiger partial charge in [0.2, 0.25) is 0 Å². The first-order chi connectivity index (χ1) is 4.85. The molecule has 0 aromatic heterocycles. The smallest absolute Gasteiger partial charge is 1.00 e.